The molecule has 8 heteroatoms. The quantitative estimate of drug-likeness (QED) is 0.344. The van der Waals surface area contributed by atoms with Gasteiger partial charge < -0.3 is 14.6 Å². The fraction of sp³-hybridized carbons (Fsp3) is 0.292. The minimum absolute atomic E-state index is 0.0391. The summed E-state index contributed by atoms with van der Waals surface area (Å²) >= 11 is 3.41. The SMILES string of the molecule is CC1CCN(c2ccc(C(=O)NCc3ccc(-c4ccc(Br)cc4)o3)cc2[N+](=O)[O-])CC1. The molecule has 0 unspecified atom stereocenters. The van der Waals surface area contributed by atoms with E-state index in [1.165, 1.54) is 6.07 Å². The Labute approximate surface area is 194 Å². The van der Waals surface area contributed by atoms with E-state index in [4.69, 9.17) is 4.42 Å². The van der Waals surface area contributed by atoms with Gasteiger partial charge in [0.15, 0.2) is 0 Å². The van der Waals surface area contributed by atoms with Gasteiger partial charge in [0.25, 0.3) is 11.6 Å². The maximum Gasteiger partial charge on any atom is 0.293 e. The average molecular weight is 498 g/mol. The van der Waals surface area contributed by atoms with Crippen LogP contribution in [0, 0.1) is 16.0 Å². The van der Waals surface area contributed by atoms with E-state index < -0.39 is 4.92 Å². The first-order chi connectivity index (χ1) is 15.4. The molecule has 1 fully saturated rings. The molecule has 0 aliphatic carbocycles. The first kappa shape index (κ1) is 22.1. The summed E-state index contributed by atoms with van der Waals surface area (Å²) in [6, 6.07) is 16.1. The van der Waals surface area contributed by atoms with Crippen LogP contribution < -0.4 is 10.2 Å². The average Bonchev–Trinajstić information content (AvgIpc) is 3.27. The zero-order valence-corrected chi connectivity index (χ0v) is 19.3. The van der Waals surface area contributed by atoms with Crippen LogP contribution in [0.25, 0.3) is 11.3 Å². The summed E-state index contributed by atoms with van der Waals surface area (Å²) in [5.41, 5.74) is 1.72. The highest BCUT2D eigenvalue weighted by atomic mass is 79.9. The lowest BCUT2D eigenvalue weighted by molar-refractivity contribution is -0.384. The number of nitro benzene ring substituents is 1. The summed E-state index contributed by atoms with van der Waals surface area (Å²) < 4.78 is 6.80. The number of furan rings is 1. The molecule has 1 aromatic heterocycles. The van der Waals surface area contributed by atoms with Gasteiger partial charge >= 0.3 is 0 Å². The van der Waals surface area contributed by atoms with E-state index in [1.54, 1.807) is 18.2 Å². The van der Waals surface area contributed by atoms with E-state index in [9.17, 15) is 14.9 Å². The number of piperidine rings is 1. The van der Waals surface area contributed by atoms with Crippen LogP contribution in [0.5, 0.6) is 0 Å². The fourth-order valence-electron chi connectivity index (χ4n) is 3.84. The van der Waals surface area contributed by atoms with Crippen molar-refractivity contribution in [3.05, 3.63) is 80.5 Å². The lowest BCUT2D eigenvalue weighted by Gasteiger charge is -2.31. The molecule has 1 saturated heterocycles. The van der Waals surface area contributed by atoms with Crippen molar-refractivity contribution in [2.45, 2.75) is 26.3 Å². The molecular weight excluding hydrogens is 474 g/mol. The largest absolute Gasteiger partial charge is 0.459 e. The summed E-state index contributed by atoms with van der Waals surface area (Å²) in [6.45, 7) is 3.95. The van der Waals surface area contributed by atoms with Crippen molar-refractivity contribution < 1.29 is 14.1 Å². The highest BCUT2D eigenvalue weighted by molar-refractivity contribution is 9.10. The van der Waals surface area contributed by atoms with E-state index in [-0.39, 0.29) is 23.7 Å². The van der Waals surface area contributed by atoms with Crippen LogP contribution in [0.1, 0.15) is 35.9 Å². The second kappa shape index (κ2) is 9.56. The van der Waals surface area contributed by atoms with Crippen LogP contribution in [0.3, 0.4) is 0 Å². The predicted molar refractivity (Wildman–Crippen MR) is 127 cm³/mol. The number of carbonyl (C=O) groups is 1. The molecule has 2 heterocycles. The van der Waals surface area contributed by atoms with Gasteiger partial charge in [-0.05, 0) is 55.2 Å². The first-order valence-corrected chi connectivity index (χ1v) is 11.4. The van der Waals surface area contributed by atoms with Crippen LogP contribution in [-0.4, -0.2) is 23.9 Å². The van der Waals surface area contributed by atoms with Crippen molar-refractivity contribution >= 4 is 33.2 Å². The number of anilines is 1. The number of halogens is 1. The Morgan fingerprint density at radius 1 is 1.16 bits per heavy atom. The zero-order valence-electron chi connectivity index (χ0n) is 17.7. The van der Waals surface area contributed by atoms with Gasteiger partial charge in [0.05, 0.1) is 11.5 Å². The number of rotatable bonds is 6. The Balaban J connectivity index is 1.44. The molecule has 32 heavy (non-hydrogen) atoms. The summed E-state index contributed by atoms with van der Waals surface area (Å²) in [7, 11) is 0. The van der Waals surface area contributed by atoms with E-state index >= 15 is 0 Å². The maximum atomic E-state index is 12.6. The van der Waals surface area contributed by atoms with Gasteiger partial charge in [0.1, 0.15) is 17.2 Å². The molecule has 1 aliphatic rings. The van der Waals surface area contributed by atoms with Crippen molar-refractivity contribution in [1.82, 2.24) is 5.32 Å². The van der Waals surface area contributed by atoms with Gasteiger partial charge in [-0.25, -0.2) is 0 Å². The van der Waals surface area contributed by atoms with Crippen LogP contribution in [-0.2, 0) is 6.54 Å². The van der Waals surface area contributed by atoms with Crippen molar-refractivity contribution in [1.29, 1.82) is 0 Å². The third-order valence-corrected chi connectivity index (χ3v) is 6.30. The standard InChI is InChI=1S/C24H24BrN3O4/c1-16-10-12-27(13-11-16)21-8-4-18(14-22(21)28(30)31)24(29)26-15-20-7-9-23(32-20)17-2-5-19(25)6-3-17/h2-9,14,16H,10-13,15H2,1H3,(H,26,29). The molecule has 1 N–H and O–H groups in total. The Hall–Kier alpha value is -3.13. The minimum Gasteiger partial charge on any atom is -0.459 e. The molecule has 166 valence electrons. The third kappa shape index (κ3) is 5.02. The van der Waals surface area contributed by atoms with Crippen LogP contribution in [0.2, 0.25) is 0 Å². The topological polar surface area (TPSA) is 88.6 Å². The molecule has 0 atom stereocenters. The van der Waals surface area contributed by atoms with Gasteiger partial charge in [-0.2, -0.15) is 0 Å². The molecule has 1 aliphatic heterocycles. The molecule has 0 bridgehead atoms. The third-order valence-electron chi connectivity index (χ3n) is 5.77. The van der Waals surface area contributed by atoms with E-state index in [1.807, 2.05) is 35.2 Å². The van der Waals surface area contributed by atoms with E-state index in [0.717, 1.165) is 36.0 Å². The summed E-state index contributed by atoms with van der Waals surface area (Å²) in [6.07, 6.45) is 2.01. The predicted octanol–water partition coefficient (Wildman–Crippen LogP) is 5.78. The van der Waals surface area contributed by atoms with Crippen LogP contribution >= 0.6 is 15.9 Å². The number of nitro groups is 1. The summed E-state index contributed by atoms with van der Waals surface area (Å²) in [5, 5.41) is 14.5. The number of amides is 1. The number of nitrogens with one attached hydrogen (secondary N) is 1. The smallest absolute Gasteiger partial charge is 0.293 e. The second-order valence-corrected chi connectivity index (χ2v) is 9.00. The van der Waals surface area contributed by atoms with Gasteiger partial charge in [-0.3, -0.25) is 14.9 Å². The Morgan fingerprint density at radius 2 is 1.88 bits per heavy atom. The van der Waals surface area contributed by atoms with Gasteiger partial charge in [-0.15, -0.1) is 0 Å². The lowest BCUT2D eigenvalue weighted by Crippen LogP contribution is -2.33. The number of benzene rings is 2. The number of hydrogen-bond acceptors (Lipinski definition) is 5. The Morgan fingerprint density at radius 3 is 2.56 bits per heavy atom. The molecular formula is C24H24BrN3O4. The van der Waals surface area contributed by atoms with Crippen molar-refractivity contribution in [3.63, 3.8) is 0 Å². The monoisotopic (exact) mass is 497 g/mol. The lowest BCUT2D eigenvalue weighted by atomic mass is 9.98. The highest BCUT2D eigenvalue weighted by Crippen LogP contribution is 2.32. The van der Waals surface area contributed by atoms with Crippen LogP contribution in [0.15, 0.2) is 63.5 Å². The number of carbonyl (C=O) groups excluding carboxylic acids is 1. The molecule has 2 aromatic carbocycles. The molecule has 1 amide bonds. The van der Waals surface area contributed by atoms with E-state index in [0.29, 0.717) is 23.1 Å². The highest BCUT2D eigenvalue weighted by Gasteiger charge is 2.24. The first-order valence-electron chi connectivity index (χ1n) is 10.6. The van der Waals surface area contributed by atoms with Gasteiger partial charge in [0, 0.05) is 34.8 Å². The molecule has 4 rings (SSSR count). The van der Waals surface area contributed by atoms with Crippen molar-refractivity contribution in [2.24, 2.45) is 5.92 Å². The van der Waals surface area contributed by atoms with E-state index in [2.05, 4.69) is 28.2 Å². The fourth-order valence-corrected chi connectivity index (χ4v) is 4.10. The molecule has 0 saturated carbocycles. The van der Waals surface area contributed by atoms with Gasteiger partial charge in [-0.1, -0.05) is 35.0 Å². The number of hydrogen-bond donors (Lipinski definition) is 1. The molecule has 0 radical (unpaired) electrons. The van der Waals surface area contributed by atoms with Crippen molar-refractivity contribution in [3.8, 4) is 11.3 Å². The maximum absolute atomic E-state index is 12.6. The second-order valence-electron chi connectivity index (χ2n) is 8.09. The van der Waals surface area contributed by atoms with Crippen LogP contribution in [0.4, 0.5) is 11.4 Å². The Kier molecular flexibility index (Phi) is 6.60. The molecule has 3 aromatic rings. The summed E-state index contributed by atoms with van der Waals surface area (Å²) in [4.78, 5) is 25.9. The van der Waals surface area contributed by atoms with Gasteiger partial charge in [0.2, 0.25) is 0 Å². The summed E-state index contributed by atoms with van der Waals surface area (Å²) in [5.74, 6) is 1.55. The normalized spacial score (nSPS) is 14.4. The number of nitrogens with zero attached hydrogens (tertiary/aromatic N) is 2. The van der Waals surface area contributed by atoms with Crippen molar-refractivity contribution in [2.75, 3.05) is 18.0 Å². The zero-order chi connectivity index (χ0) is 22.7. The Bertz CT molecular complexity index is 1120. The molecule has 0 spiro atoms. The minimum atomic E-state index is -0.416. The molecule has 7 nitrogen and oxygen atoms in total.